The maximum Gasteiger partial charge on any atom is 0.220 e. The fraction of sp³-hybridized carbons (Fsp3) is 0.643. The molecule has 0 aliphatic heterocycles. The van der Waals surface area contributed by atoms with E-state index in [4.69, 9.17) is 5.73 Å². The van der Waals surface area contributed by atoms with Crippen LogP contribution >= 0.6 is 0 Å². The quantitative estimate of drug-likeness (QED) is 0.780. The molecule has 1 amide bonds. The van der Waals surface area contributed by atoms with Gasteiger partial charge in [0.15, 0.2) is 0 Å². The van der Waals surface area contributed by atoms with Crippen molar-refractivity contribution in [2.75, 3.05) is 6.54 Å². The van der Waals surface area contributed by atoms with Crippen LogP contribution in [0.25, 0.3) is 0 Å². The molecule has 5 heteroatoms. The summed E-state index contributed by atoms with van der Waals surface area (Å²) in [5.74, 6) is 1.57. The van der Waals surface area contributed by atoms with Crippen molar-refractivity contribution in [2.24, 2.45) is 17.6 Å². The first kappa shape index (κ1) is 15.6. The Hall–Kier alpha value is -1.49. The summed E-state index contributed by atoms with van der Waals surface area (Å²) in [6.45, 7) is 7.12. The summed E-state index contributed by atoms with van der Waals surface area (Å²) in [7, 11) is 0. The summed E-state index contributed by atoms with van der Waals surface area (Å²) < 4.78 is 0. The van der Waals surface area contributed by atoms with Gasteiger partial charge in [0, 0.05) is 12.6 Å². The van der Waals surface area contributed by atoms with Crippen molar-refractivity contribution in [3.63, 3.8) is 0 Å². The smallest absolute Gasteiger partial charge is 0.220 e. The predicted molar refractivity (Wildman–Crippen MR) is 75.2 cm³/mol. The first-order valence-corrected chi connectivity index (χ1v) is 6.76. The number of hydrogen-bond acceptors (Lipinski definition) is 4. The molecule has 0 bridgehead atoms. The SMILES string of the molecule is Cc1nccc(CNC(=O)C[C@@H](CN)CC(C)C)n1. The highest BCUT2D eigenvalue weighted by molar-refractivity contribution is 5.76. The molecule has 1 aromatic heterocycles. The summed E-state index contributed by atoms with van der Waals surface area (Å²) in [5.41, 5.74) is 6.52. The molecule has 0 radical (unpaired) electrons. The summed E-state index contributed by atoms with van der Waals surface area (Å²) in [6.07, 6.45) is 3.17. The minimum Gasteiger partial charge on any atom is -0.350 e. The third-order valence-electron chi connectivity index (χ3n) is 2.91. The van der Waals surface area contributed by atoms with E-state index in [-0.39, 0.29) is 11.8 Å². The molecule has 1 heterocycles. The molecule has 0 aliphatic rings. The lowest BCUT2D eigenvalue weighted by atomic mass is 9.94. The van der Waals surface area contributed by atoms with Gasteiger partial charge in [0.2, 0.25) is 5.91 Å². The van der Waals surface area contributed by atoms with Crippen LogP contribution < -0.4 is 11.1 Å². The van der Waals surface area contributed by atoms with Gasteiger partial charge in [0.1, 0.15) is 5.82 Å². The second-order valence-corrected chi connectivity index (χ2v) is 5.31. The Kier molecular flexibility index (Phi) is 6.42. The van der Waals surface area contributed by atoms with Gasteiger partial charge in [-0.05, 0) is 37.8 Å². The third-order valence-corrected chi connectivity index (χ3v) is 2.91. The number of nitrogens with zero attached hydrogens (tertiary/aromatic N) is 2. The Morgan fingerprint density at radius 2 is 2.21 bits per heavy atom. The van der Waals surface area contributed by atoms with Crippen LogP contribution in [-0.2, 0) is 11.3 Å². The molecule has 19 heavy (non-hydrogen) atoms. The lowest BCUT2D eigenvalue weighted by Gasteiger charge is -2.16. The highest BCUT2D eigenvalue weighted by Crippen LogP contribution is 2.14. The molecule has 0 saturated carbocycles. The van der Waals surface area contributed by atoms with E-state index in [1.807, 2.05) is 13.0 Å². The molecule has 106 valence electrons. The number of carbonyl (C=O) groups is 1. The number of hydrogen-bond donors (Lipinski definition) is 2. The highest BCUT2D eigenvalue weighted by Gasteiger charge is 2.13. The van der Waals surface area contributed by atoms with E-state index >= 15 is 0 Å². The normalized spacial score (nSPS) is 12.5. The highest BCUT2D eigenvalue weighted by atomic mass is 16.1. The minimum absolute atomic E-state index is 0.0346. The third kappa shape index (κ3) is 6.29. The van der Waals surface area contributed by atoms with E-state index in [9.17, 15) is 4.79 Å². The molecule has 1 aromatic rings. The van der Waals surface area contributed by atoms with Gasteiger partial charge < -0.3 is 11.1 Å². The molecule has 3 N–H and O–H groups in total. The number of aromatic nitrogens is 2. The Labute approximate surface area is 115 Å². The van der Waals surface area contributed by atoms with Crippen molar-refractivity contribution in [1.82, 2.24) is 15.3 Å². The van der Waals surface area contributed by atoms with Gasteiger partial charge in [-0.1, -0.05) is 13.8 Å². The molecule has 0 fully saturated rings. The Balaban J connectivity index is 2.38. The maximum atomic E-state index is 11.8. The van der Waals surface area contributed by atoms with Crippen molar-refractivity contribution in [1.29, 1.82) is 0 Å². The van der Waals surface area contributed by atoms with E-state index in [2.05, 4.69) is 29.1 Å². The molecule has 1 atom stereocenters. The molecule has 0 aliphatic carbocycles. The standard InChI is InChI=1S/C14H24N4O/c1-10(2)6-12(8-15)7-14(19)17-9-13-4-5-16-11(3)18-13/h4-5,10,12H,6-9,15H2,1-3H3,(H,17,19)/t12-/m0/s1. The van der Waals surface area contributed by atoms with E-state index < -0.39 is 0 Å². The largest absolute Gasteiger partial charge is 0.350 e. The Morgan fingerprint density at radius 1 is 1.47 bits per heavy atom. The molecule has 5 nitrogen and oxygen atoms in total. The van der Waals surface area contributed by atoms with Crippen molar-refractivity contribution < 1.29 is 4.79 Å². The maximum absolute atomic E-state index is 11.8. The zero-order chi connectivity index (χ0) is 14.3. The number of aryl methyl sites for hydroxylation is 1. The summed E-state index contributed by atoms with van der Waals surface area (Å²) in [6, 6.07) is 1.81. The number of carbonyl (C=O) groups excluding carboxylic acids is 1. The minimum atomic E-state index is 0.0346. The van der Waals surface area contributed by atoms with Crippen LogP contribution in [0.5, 0.6) is 0 Å². The number of rotatable bonds is 7. The first-order valence-electron chi connectivity index (χ1n) is 6.76. The van der Waals surface area contributed by atoms with Crippen LogP contribution in [0, 0.1) is 18.8 Å². The zero-order valence-corrected chi connectivity index (χ0v) is 12.0. The predicted octanol–water partition coefficient (Wildman–Crippen LogP) is 1.41. The van der Waals surface area contributed by atoms with Gasteiger partial charge in [0.05, 0.1) is 12.2 Å². The average Bonchev–Trinajstić information content (AvgIpc) is 2.35. The average molecular weight is 264 g/mol. The summed E-state index contributed by atoms with van der Waals surface area (Å²) in [4.78, 5) is 20.1. The van der Waals surface area contributed by atoms with Crippen molar-refractivity contribution in [2.45, 2.75) is 40.2 Å². The van der Waals surface area contributed by atoms with Crippen molar-refractivity contribution >= 4 is 5.91 Å². The van der Waals surface area contributed by atoms with E-state index in [0.717, 1.165) is 12.1 Å². The van der Waals surface area contributed by atoms with Gasteiger partial charge in [-0.25, -0.2) is 9.97 Å². The second kappa shape index (κ2) is 7.84. The fourth-order valence-corrected chi connectivity index (χ4v) is 2.06. The molecule has 0 saturated heterocycles. The molecule has 0 spiro atoms. The van der Waals surface area contributed by atoms with Gasteiger partial charge in [0.25, 0.3) is 0 Å². The number of amides is 1. The molecule has 0 aromatic carbocycles. The van der Waals surface area contributed by atoms with Crippen LogP contribution in [0.4, 0.5) is 0 Å². The van der Waals surface area contributed by atoms with Gasteiger partial charge in [-0.15, -0.1) is 0 Å². The molecular formula is C14H24N4O. The Bertz CT molecular complexity index is 406. The van der Waals surface area contributed by atoms with Gasteiger partial charge >= 0.3 is 0 Å². The van der Waals surface area contributed by atoms with E-state index in [0.29, 0.717) is 31.3 Å². The summed E-state index contributed by atoms with van der Waals surface area (Å²) in [5, 5.41) is 2.88. The van der Waals surface area contributed by atoms with Gasteiger partial charge in [-0.2, -0.15) is 0 Å². The van der Waals surface area contributed by atoms with Crippen molar-refractivity contribution in [3.8, 4) is 0 Å². The monoisotopic (exact) mass is 264 g/mol. The fourth-order valence-electron chi connectivity index (χ4n) is 2.06. The van der Waals surface area contributed by atoms with Crippen LogP contribution in [-0.4, -0.2) is 22.4 Å². The second-order valence-electron chi connectivity index (χ2n) is 5.31. The van der Waals surface area contributed by atoms with Crippen LogP contribution in [0.15, 0.2) is 12.3 Å². The number of nitrogens with one attached hydrogen (secondary N) is 1. The summed E-state index contributed by atoms with van der Waals surface area (Å²) >= 11 is 0. The first-order chi connectivity index (χ1) is 9.01. The lowest BCUT2D eigenvalue weighted by Crippen LogP contribution is -2.28. The van der Waals surface area contributed by atoms with Crippen LogP contribution in [0.3, 0.4) is 0 Å². The van der Waals surface area contributed by atoms with E-state index in [1.54, 1.807) is 6.20 Å². The van der Waals surface area contributed by atoms with E-state index in [1.165, 1.54) is 0 Å². The molecular weight excluding hydrogens is 240 g/mol. The van der Waals surface area contributed by atoms with Crippen LogP contribution in [0.2, 0.25) is 0 Å². The van der Waals surface area contributed by atoms with Crippen LogP contribution in [0.1, 0.15) is 38.2 Å². The van der Waals surface area contributed by atoms with Crippen molar-refractivity contribution in [3.05, 3.63) is 23.8 Å². The zero-order valence-electron chi connectivity index (χ0n) is 12.0. The topological polar surface area (TPSA) is 80.9 Å². The molecule has 1 rings (SSSR count). The number of nitrogens with two attached hydrogens (primary N) is 1. The molecule has 0 unspecified atom stereocenters. The lowest BCUT2D eigenvalue weighted by molar-refractivity contribution is -0.122. The van der Waals surface area contributed by atoms with Gasteiger partial charge in [-0.3, -0.25) is 4.79 Å². The Morgan fingerprint density at radius 3 is 2.79 bits per heavy atom.